The van der Waals surface area contributed by atoms with Crippen molar-refractivity contribution in [3.8, 4) is 17.5 Å². The first-order valence-electron chi connectivity index (χ1n) is 10.2. The van der Waals surface area contributed by atoms with Gasteiger partial charge in [0, 0.05) is 39.3 Å². The molecule has 0 amide bonds. The predicted octanol–water partition coefficient (Wildman–Crippen LogP) is -0.0118. The molecular formula is C20H21F3N6O5. The maximum Gasteiger partial charge on any atom is 0.493 e. The number of anilines is 2. The van der Waals surface area contributed by atoms with E-state index in [0.717, 1.165) is 9.13 Å². The van der Waals surface area contributed by atoms with Crippen molar-refractivity contribution >= 4 is 17.5 Å². The van der Waals surface area contributed by atoms with Crippen molar-refractivity contribution in [3.63, 3.8) is 0 Å². The molecule has 0 aliphatic carbocycles. The number of hydrogen-bond donors (Lipinski definition) is 1. The van der Waals surface area contributed by atoms with Crippen LogP contribution in [0.3, 0.4) is 0 Å². The molecule has 0 radical (unpaired) electrons. The second kappa shape index (κ2) is 8.92. The molecule has 1 atom stereocenters. The summed E-state index contributed by atoms with van der Waals surface area (Å²) in [7, 11) is 1.25. The van der Waals surface area contributed by atoms with Gasteiger partial charge < -0.3 is 19.5 Å². The summed E-state index contributed by atoms with van der Waals surface area (Å²) in [6.45, 7) is 3.25. The van der Waals surface area contributed by atoms with Crippen LogP contribution in [0.1, 0.15) is 6.92 Å². The monoisotopic (exact) mass is 482 g/mol. The molecule has 1 unspecified atom stereocenters. The number of rotatable bonds is 4. The largest absolute Gasteiger partial charge is 0.493 e. The van der Waals surface area contributed by atoms with Gasteiger partial charge in [0.2, 0.25) is 0 Å². The molecule has 4 rings (SSSR count). The average Bonchev–Trinajstić information content (AvgIpc) is 3.43. The molecule has 1 fully saturated rings. The van der Waals surface area contributed by atoms with E-state index in [1.807, 2.05) is 0 Å². The number of aromatic nitrogens is 2. The van der Waals surface area contributed by atoms with E-state index in [4.69, 9.17) is 9.25 Å². The second-order valence-corrected chi connectivity index (χ2v) is 7.53. The van der Waals surface area contributed by atoms with Gasteiger partial charge in [-0.1, -0.05) is 5.92 Å². The Morgan fingerprint density at radius 2 is 2.00 bits per heavy atom. The van der Waals surface area contributed by atoms with Crippen molar-refractivity contribution in [2.75, 3.05) is 42.7 Å². The number of fused-ring (bicyclic) bond motifs is 1. The Morgan fingerprint density at radius 1 is 1.29 bits per heavy atom. The number of carbonyl (C=O) groups excluding carboxylic acids is 1. The van der Waals surface area contributed by atoms with Gasteiger partial charge in [0.15, 0.2) is 17.8 Å². The molecule has 2 aromatic heterocycles. The van der Waals surface area contributed by atoms with Crippen molar-refractivity contribution in [1.29, 1.82) is 0 Å². The van der Waals surface area contributed by atoms with E-state index < -0.39 is 29.7 Å². The SMILES string of the molecule is CC#CCN1c2c(n(-c3ccoc3)c(=O)n(C)c2=O)N(OC(=O)C(F)(F)F)C1N1CCNCC1. The first-order valence-corrected chi connectivity index (χ1v) is 10.2. The van der Waals surface area contributed by atoms with Gasteiger partial charge in [-0.3, -0.25) is 14.3 Å². The molecule has 1 N–H and O–H groups in total. The van der Waals surface area contributed by atoms with Crippen LogP contribution in [0.2, 0.25) is 0 Å². The molecule has 0 bridgehead atoms. The fourth-order valence-electron chi connectivity index (χ4n) is 3.93. The third-order valence-corrected chi connectivity index (χ3v) is 5.47. The Bertz CT molecular complexity index is 1250. The Labute approximate surface area is 190 Å². The molecule has 1 saturated heterocycles. The summed E-state index contributed by atoms with van der Waals surface area (Å²) in [6.07, 6.45) is -4.03. The summed E-state index contributed by atoms with van der Waals surface area (Å²) < 4.78 is 46.5. The molecule has 2 aromatic rings. The number of nitrogens with one attached hydrogen (secondary N) is 1. The summed E-state index contributed by atoms with van der Waals surface area (Å²) in [4.78, 5) is 46.3. The lowest BCUT2D eigenvalue weighted by atomic mass is 10.3. The van der Waals surface area contributed by atoms with Crippen molar-refractivity contribution in [2.45, 2.75) is 19.4 Å². The maximum absolute atomic E-state index is 13.2. The summed E-state index contributed by atoms with van der Waals surface area (Å²) in [6, 6.07) is 1.39. The molecule has 0 aromatic carbocycles. The molecule has 0 spiro atoms. The molecular weight excluding hydrogens is 461 g/mol. The highest BCUT2D eigenvalue weighted by Gasteiger charge is 2.51. The number of nitrogens with zero attached hydrogens (tertiary/aromatic N) is 5. The number of halogens is 3. The minimum Gasteiger partial charge on any atom is -0.470 e. The lowest BCUT2D eigenvalue weighted by Gasteiger charge is -2.40. The number of carbonyl (C=O) groups is 1. The Morgan fingerprint density at radius 3 is 2.59 bits per heavy atom. The predicted molar refractivity (Wildman–Crippen MR) is 113 cm³/mol. The Balaban J connectivity index is 2.01. The van der Waals surface area contributed by atoms with E-state index in [1.54, 1.807) is 11.8 Å². The van der Waals surface area contributed by atoms with Crippen LogP contribution in [0, 0.1) is 11.8 Å². The first kappa shape index (κ1) is 23.5. The molecule has 182 valence electrons. The van der Waals surface area contributed by atoms with Gasteiger partial charge in [0.25, 0.3) is 5.56 Å². The van der Waals surface area contributed by atoms with Gasteiger partial charge in [-0.25, -0.2) is 14.2 Å². The van der Waals surface area contributed by atoms with Crippen molar-refractivity contribution < 1.29 is 27.2 Å². The summed E-state index contributed by atoms with van der Waals surface area (Å²) in [5, 5.41) is 3.80. The van der Waals surface area contributed by atoms with Crippen LogP contribution in [-0.4, -0.2) is 65.2 Å². The summed E-state index contributed by atoms with van der Waals surface area (Å²) >= 11 is 0. The zero-order chi connectivity index (χ0) is 24.6. The van der Waals surface area contributed by atoms with Gasteiger partial charge >= 0.3 is 17.8 Å². The fraction of sp³-hybridized carbons (Fsp3) is 0.450. The van der Waals surface area contributed by atoms with E-state index in [1.165, 1.54) is 30.5 Å². The number of hydrogen-bond acceptors (Lipinski definition) is 9. The Kier molecular flexibility index (Phi) is 6.15. The molecule has 14 heteroatoms. The average molecular weight is 482 g/mol. The van der Waals surface area contributed by atoms with Crippen LogP contribution >= 0.6 is 0 Å². The lowest BCUT2D eigenvalue weighted by molar-refractivity contribution is -0.203. The molecule has 34 heavy (non-hydrogen) atoms. The smallest absolute Gasteiger partial charge is 0.470 e. The minimum absolute atomic E-state index is 0.0724. The highest BCUT2D eigenvalue weighted by Crippen LogP contribution is 2.39. The first-order chi connectivity index (χ1) is 16.2. The second-order valence-electron chi connectivity index (χ2n) is 7.53. The number of piperazine rings is 1. The Hall–Kier alpha value is -3.70. The highest BCUT2D eigenvalue weighted by atomic mass is 19.4. The number of hydroxylamine groups is 1. The number of furan rings is 1. The summed E-state index contributed by atoms with van der Waals surface area (Å²) in [5.41, 5.74) is -1.64. The van der Waals surface area contributed by atoms with Gasteiger partial charge in [0.1, 0.15) is 6.26 Å². The van der Waals surface area contributed by atoms with Crippen LogP contribution in [-0.2, 0) is 16.7 Å². The zero-order valence-electron chi connectivity index (χ0n) is 18.3. The van der Waals surface area contributed by atoms with E-state index in [2.05, 4.69) is 17.2 Å². The van der Waals surface area contributed by atoms with Crippen LogP contribution < -0.4 is 26.5 Å². The molecule has 11 nitrogen and oxygen atoms in total. The topological polar surface area (TPSA) is 105 Å². The molecule has 2 aliphatic rings. The quantitative estimate of drug-likeness (QED) is 0.603. The van der Waals surface area contributed by atoms with Crippen molar-refractivity contribution in [1.82, 2.24) is 19.4 Å². The fourth-order valence-corrected chi connectivity index (χ4v) is 3.93. The normalized spacial score (nSPS) is 18.4. The molecule has 4 heterocycles. The van der Waals surface area contributed by atoms with Crippen LogP contribution in [0.5, 0.6) is 0 Å². The molecule has 2 aliphatic heterocycles. The van der Waals surface area contributed by atoms with Gasteiger partial charge in [-0.05, 0) is 6.92 Å². The van der Waals surface area contributed by atoms with E-state index in [0.29, 0.717) is 31.2 Å². The standard InChI is InChI=1S/C20H21F3N6O5/c1-3-4-8-27-14-15(28(13-5-11-33-12-13)19(32)25(2)16(14)30)29(34-17(31)20(21,22)23)18(27)26-9-6-24-7-10-26/h5,11-12,18,24H,6-10H2,1-2H3. The van der Waals surface area contributed by atoms with Crippen molar-refractivity contribution in [3.05, 3.63) is 39.4 Å². The van der Waals surface area contributed by atoms with Crippen LogP contribution in [0.15, 0.2) is 32.6 Å². The van der Waals surface area contributed by atoms with Crippen LogP contribution in [0.25, 0.3) is 5.69 Å². The minimum atomic E-state index is -5.31. The number of alkyl halides is 3. The lowest BCUT2D eigenvalue weighted by Crippen LogP contribution is -2.61. The third-order valence-electron chi connectivity index (χ3n) is 5.47. The maximum atomic E-state index is 13.2. The molecule has 0 saturated carbocycles. The van der Waals surface area contributed by atoms with Crippen molar-refractivity contribution in [2.24, 2.45) is 7.05 Å². The third kappa shape index (κ3) is 3.93. The van der Waals surface area contributed by atoms with Gasteiger partial charge in [0.05, 0.1) is 18.5 Å². The van der Waals surface area contributed by atoms with Crippen LogP contribution in [0.4, 0.5) is 24.7 Å². The van der Waals surface area contributed by atoms with Gasteiger partial charge in [-0.15, -0.1) is 11.0 Å². The van der Waals surface area contributed by atoms with Gasteiger partial charge in [-0.2, -0.15) is 13.2 Å². The summed E-state index contributed by atoms with van der Waals surface area (Å²) in [5.74, 6) is 2.69. The van der Waals surface area contributed by atoms with E-state index in [9.17, 15) is 27.6 Å². The zero-order valence-corrected chi connectivity index (χ0v) is 18.3. The van der Waals surface area contributed by atoms with E-state index >= 15 is 0 Å². The van der Waals surface area contributed by atoms with E-state index in [-0.39, 0.29) is 23.7 Å². The highest BCUT2D eigenvalue weighted by molar-refractivity contribution is 5.80.